The molecule has 1 aliphatic rings. The van der Waals surface area contributed by atoms with Gasteiger partial charge in [0.2, 0.25) is 0 Å². The largest absolute Gasteiger partial charge is 0.362 e. The van der Waals surface area contributed by atoms with Crippen molar-refractivity contribution in [3.63, 3.8) is 0 Å². The maximum atomic E-state index is 5.42. The highest BCUT2D eigenvalue weighted by molar-refractivity contribution is 7.80. The van der Waals surface area contributed by atoms with Crippen LogP contribution < -0.4 is 5.32 Å². The molecule has 1 heterocycles. The van der Waals surface area contributed by atoms with Gasteiger partial charge >= 0.3 is 0 Å². The molecule has 3 nitrogen and oxygen atoms in total. The zero-order valence-corrected chi connectivity index (χ0v) is 11.8. The van der Waals surface area contributed by atoms with Crippen molar-refractivity contribution < 1.29 is 0 Å². The minimum atomic E-state index is 0.609. The average molecular weight is 243 g/mol. The minimum Gasteiger partial charge on any atom is -0.362 e. The molecule has 1 saturated heterocycles. The van der Waals surface area contributed by atoms with Crippen molar-refractivity contribution in [2.24, 2.45) is 5.92 Å². The van der Waals surface area contributed by atoms with Crippen LogP contribution in [0.4, 0.5) is 0 Å². The summed E-state index contributed by atoms with van der Waals surface area (Å²) in [5.74, 6) is 0.646. The first-order valence-electron chi connectivity index (χ1n) is 6.31. The summed E-state index contributed by atoms with van der Waals surface area (Å²) in [6.07, 6.45) is 0. The highest BCUT2D eigenvalue weighted by Gasteiger charge is 2.23. The second-order valence-corrected chi connectivity index (χ2v) is 5.39. The lowest BCUT2D eigenvalue weighted by molar-refractivity contribution is 0.129. The standard InChI is InChI=1S/C12H25N3S/c1-5-14-6-7-15(9-11(14)4)12(16)13-8-10(2)3/h10-11H,5-9H2,1-4H3,(H,13,16). The van der Waals surface area contributed by atoms with Crippen LogP contribution in [0.3, 0.4) is 0 Å². The van der Waals surface area contributed by atoms with E-state index in [0.717, 1.165) is 37.8 Å². The molecule has 1 unspecified atom stereocenters. The topological polar surface area (TPSA) is 18.5 Å². The second kappa shape index (κ2) is 6.40. The number of hydrogen-bond donors (Lipinski definition) is 1. The van der Waals surface area contributed by atoms with Crippen LogP contribution in [0.25, 0.3) is 0 Å². The number of piperazine rings is 1. The van der Waals surface area contributed by atoms with E-state index in [9.17, 15) is 0 Å². The summed E-state index contributed by atoms with van der Waals surface area (Å²) in [5, 5.41) is 4.27. The monoisotopic (exact) mass is 243 g/mol. The number of nitrogens with zero attached hydrogens (tertiary/aromatic N) is 2. The number of thiocarbonyl (C=S) groups is 1. The third-order valence-corrected chi connectivity index (χ3v) is 3.52. The summed E-state index contributed by atoms with van der Waals surface area (Å²) in [6, 6.07) is 0.609. The van der Waals surface area contributed by atoms with E-state index in [1.165, 1.54) is 0 Å². The summed E-state index contributed by atoms with van der Waals surface area (Å²) in [7, 11) is 0. The van der Waals surface area contributed by atoms with E-state index < -0.39 is 0 Å². The molecule has 1 fully saturated rings. The van der Waals surface area contributed by atoms with Crippen LogP contribution in [0, 0.1) is 5.92 Å². The van der Waals surface area contributed by atoms with E-state index in [2.05, 4.69) is 42.8 Å². The van der Waals surface area contributed by atoms with Crippen LogP contribution in [-0.2, 0) is 0 Å². The van der Waals surface area contributed by atoms with Gasteiger partial charge in [-0.25, -0.2) is 0 Å². The number of rotatable bonds is 3. The Balaban J connectivity index is 2.36. The van der Waals surface area contributed by atoms with Gasteiger partial charge in [-0.1, -0.05) is 20.8 Å². The number of nitrogens with one attached hydrogen (secondary N) is 1. The Morgan fingerprint density at radius 3 is 2.62 bits per heavy atom. The molecule has 0 bridgehead atoms. The van der Waals surface area contributed by atoms with E-state index >= 15 is 0 Å². The van der Waals surface area contributed by atoms with E-state index in [1.54, 1.807) is 0 Å². The van der Waals surface area contributed by atoms with Gasteiger partial charge in [0.15, 0.2) is 5.11 Å². The molecular formula is C12H25N3S. The van der Waals surface area contributed by atoms with Crippen LogP contribution in [-0.4, -0.2) is 53.7 Å². The minimum absolute atomic E-state index is 0.609. The second-order valence-electron chi connectivity index (χ2n) is 5.00. The molecule has 0 saturated carbocycles. The van der Waals surface area contributed by atoms with Crippen LogP contribution >= 0.6 is 12.2 Å². The molecule has 1 atom stereocenters. The van der Waals surface area contributed by atoms with E-state index in [1.807, 2.05) is 0 Å². The van der Waals surface area contributed by atoms with Gasteiger partial charge in [-0.15, -0.1) is 0 Å². The van der Waals surface area contributed by atoms with Gasteiger partial charge in [-0.2, -0.15) is 0 Å². The third kappa shape index (κ3) is 3.91. The van der Waals surface area contributed by atoms with Crippen molar-refractivity contribution in [3.05, 3.63) is 0 Å². The Morgan fingerprint density at radius 2 is 2.12 bits per heavy atom. The van der Waals surface area contributed by atoms with E-state index in [0.29, 0.717) is 12.0 Å². The summed E-state index contributed by atoms with van der Waals surface area (Å²) in [4.78, 5) is 4.80. The maximum absolute atomic E-state index is 5.42. The van der Waals surface area contributed by atoms with Gasteiger partial charge < -0.3 is 10.2 Å². The van der Waals surface area contributed by atoms with E-state index in [-0.39, 0.29) is 0 Å². The van der Waals surface area contributed by atoms with Crippen LogP contribution in [0.2, 0.25) is 0 Å². The normalized spacial score (nSPS) is 22.6. The Morgan fingerprint density at radius 1 is 1.44 bits per heavy atom. The van der Waals surface area contributed by atoms with Crippen LogP contribution in [0.15, 0.2) is 0 Å². The summed E-state index contributed by atoms with van der Waals surface area (Å²) >= 11 is 5.42. The summed E-state index contributed by atoms with van der Waals surface area (Å²) in [6.45, 7) is 14.3. The molecule has 0 aromatic rings. The molecule has 1 aliphatic heterocycles. The molecule has 0 spiro atoms. The number of hydrogen-bond acceptors (Lipinski definition) is 2. The first-order chi connectivity index (χ1) is 7.54. The van der Waals surface area contributed by atoms with Gasteiger partial charge in [0.05, 0.1) is 0 Å². The van der Waals surface area contributed by atoms with Crippen molar-refractivity contribution in [3.8, 4) is 0 Å². The van der Waals surface area contributed by atoms with Crippen LogP contribution in [0.5, 0.6) is 0 Å². The van der Waals surface area contributed by atoms with Crippen molar-refractivity contribution in [1.29, 1.82) is 0 Å². The molecule has 0 aromatic heterocycles. The summed E-state index contributed by atoms with van der Waals surface area (Å²) < 4.78 is 0. The fourth-order valence-electron chi connectivity index (χ4n) is 2.05. The van der Waals surface area contributed by atoms with Crippen molar-refractivity contribution >= 4 is 17.3 Å². The number of likely N-dealkylation sites (N-methyl/N-ethyl adjacent to an activating group) is 1. The van der Waals surface area contributed by atoms with E-state index in [4.69, 9.17) is 12.2 Å². The molecule has 94 valence electrons. The lowest BCUT2D eigenvalue weighted by Gasteiger charge is -2.40. The van der Waals surface area contributed by atoms with Gasteiger partial charge in [0.25, 0.3) is 0 Å². The zero-order chi connectivity index (χ0) is 12.1. The Bertz CT molecular complexity index is 230. The van der Waals surface area contributed by atoms with Crippen molar-refractivity contribution in [2.45, 2.75) is 33.7 Å². The van der Waals surface area contributed by atoms with Crippen molar-refractivity contribution in [2.75, 3.05) is 32.7 Å². The molecular weight excluding hydrogens is 218 g/mol. The Labute approximate surface area is 105 Å². The lowest BCUT2D eigenvalue weighted by atomic mass is 10.2. The summed E-state index contributed by atoms with van der Waals surface area (Å²) in [5.41, 5.74) is 0. The zero-order valence-electron chi connectivity index (χ0n) is 11.0. The molecule has 1 N–H and O–H groups in total. The highest BCUT2D eigenvalue weighted by Crippen LogP contribution is 2.09. The molecule has 16 heavy (non-hydrogen) atoms. The third-order valence-electron chi connectivity index (χ3n) is 3.12. The van der Waals surface area contributed by atoms with Gasteiger partial charge in [-0.05, 0) is 31.6 Å². The van der Waals surface area contributed by atoms with Gasteiger partial charge in [0.1, 0.15) is 0 Å². The average Bonchev–Trinajstić information content (AvgIpc) is 2.25. The smallest absolute Gasteiger partial charge is 0.169 e. The maximum Gasteiger partial charge on any atom is 0.169 e. The molecule has 4 heteroatoms. The Hall–Kier alpha value is -0.350. The SMILES string of the molecule is CCN1CCN(C(=S)NCC(C)C)CC1C. The Kier molecular flexibility index (Phi) is 5.49. The van der Waals surface area contributed by atoms with Gasteiger partial charge in [0, 0.05) is 32.2 Å². The molecule has 0 radical (unpaired) electrons. The fraction of sp³-hybridized carbons (Fsp3) is 0.917. The quantitative estimate of drug-likeness (QED) is 0.758. The molecule has 1 rings (SSSR count). The molecule has 0 aliphatic carbocycles. The highest BCUT2D eigenvalue weighted by atomic mass is 32.1. The molecule has 0 aromatic carbocycles. The first-order valence-corrected chi connectivity index (χ1v) is 6.72. The predicted molar refractivity (Wildman–Crippen MR) is 73.7 cm³/mol. The van der Waals surface area contributed by atoms with Crippen molar-refractivity contribution in [1.82, 2.24) is 15.1 Å². The van der Waals surface area contributed by atoms with Gasteiger partial charge in [-0.3, -0.25) is 4.90 Å². The predicted octanol–water partition coefficient (Wildman–Crippen LogP) is 1.54. The first kappa shape index (κ1) is 13.7. The van der Waals surface area contributed by atoms with Crippen LogP contribution in [0.1, 0.15) is 27.7 Å². The lowest BCUT2D eigenvalue weighted by Crippen LogP contribution is -2.55. The molecule has 0 amide bonds. The fourth-order valence-corrected chi connectivity index (χ4v) is 2.30.